The average molecular weight is 1580 g/mol. The molecule has 20 rings (SSSR count). The molecule has 0 unspecified atom stereocenters. The highest BCUT2D eigenvalue weighted by Gasteiger charge is 2.29. The molecule has 0 aliphatic heterocycles. The van der Waals surface area contributed by atoms with Gasteiger partial charge in [0.15, 0.2) is 0 Å². The van der Waals surface area contributed by atoms with Crippen molar-refractivity contribution in [1.82, 2.24) is 0 Å². The zero-order valence-corrected chi connectivity index (χ0v) is 69.4. The molecule has 0 atom stereocenters. The van der Waals surface area contributed by atoms with Crippen molar-refractivity contribution in [3.63, 3.8) is 0 Å². The lowest BCUT2D eigenvalue weighted by Gasteiger charge is -2.26. The molecule has 0 aliphatic rings. The molecule has 0 N–H and O–H groups in total. The van der Waals surface area contributed by atoms with Gasteiger partial charge in [0.25, 0.3) is 0 Å². The van der Waals surface area contributed by atoms with E-state index in [4.69, 9.17) is 0 Å². The molecule has 20 aromatic carbocycles. The predicted octanol–water partition coefficient (Wildman–Crippen LogP) is 32.6. The molecule has 0 heteroatoms. The third-order valence-electron chi connectivity index (χ3n) is 24.6. The van der Waals surface area contributed by atoms with E-state index in [9.17, 15) is 0 Å². The fourth-order valence-corrected chi connectivity index (χ4v) is 19.0. The van der Waals surface area contributed by atoms with Crippen molar-refractivity contribution in [2.24, 2.45) is 0 Å². The van der Waals surface area contributed by atoms with E-state index in [1.54, 1.807) is 0 Å². The molecule has 0 spiro atoms. The first-order valence-electron chi connectivity index (χ1n) is 43.4. The third-order valence-corrected chi connectivity index (χ3v) is 24.6. The topological polar surface area (TPSA) is 0 Å². The van der Waals surface area contributed by atoms with Crippen molar-refractivity contribution in [3.05, 3.63) is 586 Å². The first-order chi connectivity index (χ1) is 61.6. The van der Waals surface area contributed by atoms with Gasteiger partial charge in [-0.1, -0.05) is 493 Å². The lowest BCUT2D eigenvalue weighted by atomic mass is 9.77. The molecule has 0 saturated heterocycles. The second-order valence-electron chi connectivity index (χ2n) is 32.1. The number of unbranched alkanes of at least 4 members (excludes halogenated alkanes) is 1. The minimum Gasteiger partial charge on any atom is -0.0654 e. The van der Waals surface area contributed by atoms with E-state index < -0.39 is 0 Å². The Balaban J connectivity index is 0.886. The molecular formula is C124H90. The van der Waals surface area contributed by atoms with Gasteiger partial charge in [-0.2, -0.15) is 0 Å². The number of hydrogen-bond acceptors (Lipinski definition) is 0. The Bertz CT molecular complexity index is 6630. The van der Waals surface area contributed by atoms with E-state index in [1.165, 1.54) is 116 Å². The first-order valence-corrected chi connectivity index (χ1v) is 43.4. The van der Waals surface area contributed by atoms with Gasteiger partial charge in [0.05, 0.1) is 0 Å². The highest BCUT2D eigenvalue weighted by atomic mass is 14.3. The van der Waals surface area contributed by atoms with Crippen LogP contribution >= 0.6 is 0 Å². The van der Waals surface area contributed by atoms with Gasteiger partial charge in [0, 0.05) is 0 Å². The highest BCUT2D eigenvalue weighted by Crippen LogP contribution is 2.54. The van der Waals surface area contributed by atoms with Crippen LogP contribution in [0.4, 0.5) is 0 Å². The van der Waals surface area contributed by atoms with E-state index in [1.807, 2.05) is 0 Å². The van der Waals surface area contributed by atoms with E-state index in [-0.39, 0.29) is 0 Å². The molecule has 0 saturated carbocycles. The zero-order chi connectivity index (χ0) is 82.9. The minimum atomic E-state index is 0.831. The molecule has 0 heterocycles. The Hall–Kier alpha value is -15.6. The summed E-state index contributed by atoms with van der Waals surface area (Å²) in [5.41, 5.74) is 38.7. The van der Waals surface area contributed by atoms with Crippen molar-refractivity contribution in [2.75, 3.05) is 0 Å². The summed E-state index contributed by atoms with van der Waals surface area (Å²) in [4.78, 5) is 0. The van der Waals surface area contributed by atoms with E-state index in [0.717, 1.165) is 119 Å². The van der Waals surface area contributed by atoms with Gasteiger partial charge in [0.2, 0.25) is 0 Å². The van der Waals surface area contributed by atoms with Gasteiger partial charge in [-0.3, -0.25) is 0 Å². The maximum Gasteiger partial charge on any atom is -0.00132 e. The molecule has 0 fully saturated rings. The Morgan fingerprint density at radius 2 is 0.331 bits per heavy atom. The van der Waals surface area contributed by atoms with Gasteiger partial charge in [-0.15, -0.1) is 0 Å². The summed E-state index contributed by atoms with van der Waals surface area (Å²) in [5, 5.41) is 7.33. The molecule has 20 aromatic rings. The van der Waals surface area contributed by atoms with Crippen LogP contribution in [0.3, 0.4) is 0 Å². The fourth-order valence-electron chi connectivity index (χ4n) is 19.0. The first kappa shape index (κ1) is 77.0. The van der Waals surface area contributed by atoms with Gasteiger partial charge in [-0.05, 0) is 241 Å². The van der Waals surface area contributed by atoms with Crippen LogP contribution in [0.1, 0.15) is 114 Å². The van der Waals surface area contributed by atoms with E-state index >= 15 is 0 Å². The number of benzene rings is 20. The second kappa shape index (κ2) is 35.4. The van der Waals surface area contributed by atoms with Crippen LogP contribution in [0.25, 0.3) is 121 Å². The Morgan fingerprint density at radius 3 is 0.516 bits per heavy atom. The maximum atomic E-state index is 2.59. The SMILES string of the molecule is CCCCc1c(-c2ccc(C(=C(c3ccccc3)c3ccccc3)c3ccccc3)cc2)c2cc(-c3ccc(C(=C(c4ccccc4)c4ccccc4)c4ccccc4)cc3)c3cccc4c(-c5ccc(C(=C(c6ccccc6)c6ccccc6)c6ccccc6)cc5)cc(c1-c1ccc(C(=C(c5ccccc5)c5ccccc5)c5ccccc5)cc1)c2c34. The predicted molar refractivity (Wildman–Crippen MR) is 528 cm³/mol. The lowest BCUT2D eigenvalue weighted by molar-refractivity contribution is 0.798. The summed E-state index contributed by atoms with van der Waals surface area (Å²) < 4.78 is 0. The summed E-state index contributed by atoms with van der Waals surface area (Å²) in [6, 6.07) is 182. The zero-order valence-electron chi connectivity index (χ0n) is 69.4. The molecule has 586 valence electrons. The van der Waals surface area contributed by atoms with Crippen LogP contribution in [-0.4, -0.2) is 0 Å². The van der Waals surface area contributed by atoms with Crippen molar-refractivity contribution in [3.8, 4) is 44.5 Å². The lowest BCUT2D eigenvalue weighted by Crippen LogP contribution is -2.02. The second-order valence-corrected chi connectivity index (χ2v) is 32.1. The maximum absolute atomic E-state index is 2.59. The molecule has 0 bridgehead atoms. The quantitative estimate of drug-likeness (QED) is 0.0442. The van der Waals surface area contributed by atoms with Crippen LogP contribution in [-0.2, 0) is 6.42 Å². The monoisotopic (exact) mass is 1580 g/mol. The minimum absolute atomic E-state index is 0.831. The molecule has 0 aromatic heterocycles. The average Bonchev–Trinajstić information content (AvgIpc) is 0.694. The van der Waals surface area contributed by atoms with Crippen molar-refractivity contribution < 1.29 is 0 Å². The van der Waals surface area contributed by atoms with E-state index in [2.05, 4.69) is 498 Å². The van der Waals surface area contributed by atoms with Gasteiger partial charge in [-0.25, -0.2) is 0 Å². The largest absolute Gasteiger partial charge is 0.0654 e. The van der Waals surface area contributed by atoms with Crippen LogP contribution in [0.2, 0.25) is 0 Å². The summed E-state index contributed by atoms with van der Waals surface area (Å²) >= 11 is 0. The van der Waals surface area contributed by atoms with E-state index in [0.29, 0.717) is 0 Å². The summed E-state index contributed by atoms with van der Waals surface area (Å²) in [5.74, 6) is 0. The Morgan fingerprint density at radius 1 is 0.161 bits per heavy atom. The summed E-state index contributed by atoms with van der Waals surface area (Å²) in [6.45, 7) is 2.35. The summed E-state index contributed by atoms with van der Waals surface area (Å²) in [6.07, 6.45) is 2.80. The van der Waals surface area contributed by atoms with Crippen LogP contribution in [0, 0.1) is 0 Å². The van der Waals surface area contributed by atoms with Gasteiger partial charge in [0.1, 0.15) is 0 Å². The highest BCUT2D eigenvalue weighted by molar-refractivity contribution is 6.34. The molecule has 0 amide bonds. The summed E-state index contributed by atoms with van der Waals surface area (Å²) in [7, 11) is 0. The molecule has 0 aliphatic carbocycles. The molecule has 0 nitrogen and oxygen atoms in total. The smallest absolute Gasteiger partial charge is 0.00132 e. The van der Waals surface area contributed by atoms with Crippen LogP contribution in [0.5, 0.6) is 0 Å². The van der Waals surface area contributed by atoms with Crippen molar-refractivity contribution >= 4 is 76.9 Å². The van der Waals surface area contributed by atoms with Crippen molar-refractivity contribution in [2.45, 2.75) is 26.2 Å². The normalized spacial score (nSPS) is 11.2. The molecule has 124 heavy (non-hydrogen) atoms. The van der Waals surface area contributed by atoms with Gasteiger partial charge >= 0.3 is 0 Å². The van der Waals surface area contributed by atoms with Gasteiger partial charge < -0.3 is 0 Å². The van der Waals surface area contributed by atoms with Crippen LogP contribution in [0.15, 0.2) is 491 Å². The molecule has 0 radical (unpaired) electrons. The molecular weight excluding hydrogens is 1490 g/mol. The number of hydrogen-bond donors (Lipinski definition) is 0. The Labute approximate surface area is 728 Å². The standard InChI is InChI=1S/C124H90/c1-2-3-65-108-121(104-80-76-102(77-81-104)119(98-61-36-14-37-62-98)115(92-49-24-8-25-50-92)93-51-26-9-27-52-93)111-84-109(86-68-72-100(73-69-86)117(96-57-32-12-33-58-96)113(88-41-16-4-17-42-88)89-43-18-5-19-44-89)106-66-40-67-107-110(87-70-74-101(75-71-87)118(97-59-34-13-35-60-97)114(90-45-20-6-21-46-90)91-47-22-7-23-48-91)85-112(124(111)123(106)107)122(108)105-82-78-103(79-83-105)120(99-63-38-15-39-64-99)116(94-53-28-10-29-54-94)95-55-30-11-31-56-95/h4-64,66-85H,2-3,65H2,1H3. The van der Waals surface area contributed by atoms with Crippen molar-refractivity contribution in [1.29, 1.82) is 0 Å². The Kier molecular flexibility index (Phi) is 22.0. The van der Waals surface area contributed by atoms with Crippen LogP contribution < -0.4 is 0 Å². The third kappa shape index (κ3) is 15.3. The fraction of sp³-hybridized carbons (Fsp3) is 0.0323. The number of rotatable bonds is 23.